The molecule has 0 radical (unpaired) electrons. The van der Waals surface area contributed by atoms with Crippen molar-refractivity contribution in [1.29, 1.82) is 0 Å². The summed E-state index contributed by atoms with van der Waals surface area (Å²) in [5.74, 6) is 0.0740. The molecule has 0 saturated carbocycles. The van der Waals surface area contributed by atoms with Crippen LogP contribution in [0.5, 0.6) is 5.75 Å². The van der Waals surface area contributed by atoms with Crippen LogP contribution in [0.25, 0.3) is 6.08 Å². The van der Waals surface area contributed by atoms with Gasteiger partial charge in [-0.2, -0.15) is 0 Å². The lowest BCUT2D eigenvalue weighted by atomic mass is 9.92. The van der Waals surface area contributed by atoms with Crippen LogP contribution >= 0.6 is 0 Å². The molecular formula is C22H26FNO2. The monoisotopic (exact) mass is 355 g/mol. The Bertz CT molecular complexity index is 784. The van der Waals surface area contributed by atoms with Crippen molar-refractivity contribution < 1.29 is 13.9 Å². The first-order valence-corrected chi connectivity index (χ1v) is 8.78. The van der Waals surface area contributed by atoms with E-state index in [0.29, 0.717) is 17.4 Å². The highest BCUT2D eigenvalue weighted by Gasteiger charge is 2.15. The summed E-state index contributed by atoms with van der Waals surface area (Å²) >= 11 is 0. The molecule has 0 aliphatic carbocycles. The highest BCUT2D eigenvalue weighted by atomic mass is 19.1. The average Bonchev–Trinajstić information content (AvgIpc) is 2.59. The number of amides is 1. The van der Waals surface area contributed by atoms with Crippen LogP contribution < -0.4 is 10.1 Å². The number of carbonyl (C=O) groups is 1. The summed E-state index contributed by atoms with van der Waals surface area (Å²) in [5, 5.41) is 3.01. The summed E-state index contributed by atoms with van der Waals surface area (Å²) in [6.45, 7) is 8.41. The van der Waals surface area contributed by atoms with Gasteiger partial charge in [0, 0.05) is 11.8 Å². The Kier molecular flexibility index (Phi) is 6.56. The maximum absolute atomic E-state index is 13.7. The van der Waals surface area contributed by atoms with Crippen molar-refractivity contribution >= 4 is 17.7 Å². The fourth-order valence-electron chi connectivity index (χ4n) is 2.82. The fraction of sp³-hybridized carbons (Fsp3) is 0.318. The maximum Gasteiger partial charge on any atom is 0.248 e. The average molecular weight is 355 g/mol. The molecule has 1 amide bonds. The summed E-state index contributed by atoms with van der Waals surface area (Å²) in [5.41, 5.74) is 3.68. The van der Waals surface area contributed by atoms with Crippen LogP contribution in [-0.4, -0.2) is 13.0 Å². The zero-order chi connectivity index (χ0) is 19.3. The third-order valence-electron chi connectivity index (χ3n) is 4.22. The molecule has 3 nitrogen and oxygen atoms in total. The van der Waals surface area contributed by atoms with Crippen LogP contribution in [-0.2, 0) is 4.79 Å². The minimum absolute atomic E-state index is 0.180. The van der Waals surface area contributed by atoms with Crippen molar-refractivity contribution in [2.75, 3.05) is 12.4 Å². The predicted molar refractivity (Wildman–Crippen MR) is 105 cm³/mol. The predicted octanol–water partition coefficient (Wildman–Crippen LogP) is 5.73. The molecule has 0 spiro atoms. The number of methoxy groups -OCH3 is 1. The van der Waals surface area contributed by atoms with Crippen molar-refractivity contribution in [3.05, 3.63) is 65.0 Å². The van der Waals surface area contributed by atoms with Crippen molar-refractivity contribution in [3.8, 4) is 5.75 Å². The highest BCUT2D eigenvalue weighted by Crippen LogP contribution is 2.32. The Hall–Kier alpha value is -2.62. The van der Waals surface area contributed by atoms with Crippen LogP contribution in [0.4, 0.5) is 10.1 Å². The van der Waals surface area contributed by atoms with Gasteiger partial charge in [0.05, 0.1) is 7.11 Å². The molecule has 0 atom stereocenters. The summed E-state index contributed by atoms with van der Waals surface area (Å²) in [4.78, 5) is 12.4. The first kappa shape index (κ1) is 19.7. The summed E-state index contributed by atoms with van der Waals surface area (Å²) in [6.07, 6.45) is 3.01. The highest BCUT2D eigenvalue weighted by molar-refractivity contribution is 6.03. The summed E-state index contributed by atoms with van der Waals surface area (Å²) < 4.78 is 18.6. The van der Waals surface area contributed by atoms with Crippen LogP contribution in [0.3, 0.4) is 0 Å². The Labute approximate surface area is 154 Å². The third kappa shape index (κ3) is 4.72. The maximum atomic E-state index is 13.7. The zero-order valence-electron chi connectivity index (χ0n) is 16.0. The van der Waals surface area contributed by atoms with E-state index in [9.17, 15) is 9.18 Å². The van der Waals surface area contributed by atoms with E-state index in [1.54, 1.807) is 12.1 Å². The van der Waals surface area contributed by atoms with E-state index in [0.717, 1.165) is 16.8 Å². The van der Waals surface area contributed by atoms with E-state index in [-0.39, 0.29) is 11.7 Å². The molecule has 0 aliphatic heterocycles. The molecule has 138 valence electrons. The number of carbonyl (C=O) groups excluding carboxylic acids is 1. The molecule has 0 fully saturated rings. The third-order valence-corrected chi connectivity index (χ3v) is 4.22. The Morgan fingerprint density at radius 2 is 1.69 bits per heavy atom. The Morgan fingerprint density at radius 1 is 1.08 bits per heavy atom. The van der Waals surface area contributed by atoms with Gasteiger partial charge in [0.2, 0.25) is 5.91 Å². The molecule has 0 aliphatic rings. The van der Waals surface area contributed by atoms with Gasteiger partial charge in [0.1, 0.15) is 0 Å². The van der Waals surface area contributed by atoms with Crippen molar-refractivity contribution in [3.63, 3.8) is 0 Å². The second kappa shape index (κ2) is 8.65. The van der Waals surface area contributed by atoms with Gasteiger partial charge in [-0.05, 0) is 46.7 Å². The molecule has 2 aromatic rings. The van der Waals surface area contributed by atoms with Gasteiger partial charge in [-0.25, -0.2) is 4.39 Å². The van der Waals surface area contributed by atoms with E-state index in [4.69, 9.17) is 4.74 Å². The van der Waals surface area contributed by atoms with Gasteiger partial charge in [-0.15, -0.1) is 0 Å². The van der Waals surface area contributed by atoms with Crippen LogP contribution in [0.15, 0.2) is 42.5 Å². The molecule has 1 N–H and O–H groups in total. The van der Waals surface area contributed by atoms with E-state index in [2.05, 4.69) is 33.0 Å². The minimum atomic E-state index is -0.456. The molecule has 2 rings (SSSR count). The Balaban J connectivity index is 2.23. The molecule has 0 unspecified atom stereocenters. The SMILES string of the molecule is COc1ccc(/C=C/C(=O)Nc2c(C(C)C)cccc2C(C)C)cc1F. The number of benzene rings is 2. The molecule has 0 aromatic heterocycles. The smallest absolute Gasteiger partial charge is 0.248 e. The second-order valence-corrected chi connectivity index (χ2v) is 6.84. The van der Waals surface area contributed by atoms with Crippen molar-refractivity contribution in [1.82, 2.24) is 0 Å². The summed E-state index contributed by atoms with van der Waals surface area (Å²) in [7, 11) is 1.42. The van der Waals surface area contributed by atoms with E-state index < -0.39 is 5.82 Å². The number of rotatable bonds is 6. The van der Waals surface area contributed by atoms with E-state index >= 15 is 0 Å². The van der Waals surface area contributed by atoms with E-state index in [1.165, 1.54) is 25.3 Å². The van der Waals surface area contributed by atoms with Gasteiger partial charge in [-0.1, -0.05) is 52.0 Å². The van der Waals surface area contributed by atoms with Gasteiger partial charge in [0.25, 0.3) is 0 Å². The number of para-hydroxylation sites is 1. The van der Waals surface area contributed by atoms with Crippen LogP contribution in [0.1, 0.15) is 56.2 Å². The molecule has 0 heterocycles. The molecule has 26 heavy (non-hydrogen) atoms. The lowest BCUT2D eigenvalue weighted by molar-refractivity contribution is -0.111. The molecular weight excluding hydrogens is 329 g/mol. The quantitative estimate of drug-likeness (QED) is 0.672. The van der Waals surface area contributed by atoms with Crippen molar-refractivity contribution in [2.24, 2.45) is 0 Å². The molecule has 0 bridgehead atoms. The first-order valence-electron chi connectivity index (χ1n) is 8.78. The number of anilines is 1. The normalized spacial score (nSPS) is 11.4. The minimum Gasteiger partial charge on any atom is -0.494 e. The molecule has 0 saturated heterocycles. The standard InChI is InChI=1S/C22H26FNO2/c1-14(2)17-7-6-8-18(15(3)4)22(17)24-21(25)12-10-16-9-11-20(26-5)19(23)13-16/h6-15H,1-5H3,(H,24,25)/b12-10+. The number of halogens is 1. The first-order chi connectivity index (χ1) is 12.3. The van der Waals surface area contributed by atoms with Crippen LogP contribution in [0.2, 0.25) is 0 Å². The number of hydrogen-bond acceptors (Lipinski definition) is 2. The number of ether oxygens (including phenoxy) is 1. The topological polar surface area (TPSA) is 38.3 Å². The van der Waals surface area contributed by atoms with Gasteiger partial charge >= 0.3 is 0 Å². The lowest BCUT2D eigenvalue weighted by Crippen LogP contribution is -2.13. The van der Waals surface area contributed by atoms with E-state index in [1.807, 2.05) is 18.2 Å². The molecule has 2 aromatic carbocycles. The van der Waals surface area contributed by atoms with Gasteiger partial charge < -0.3 is 10.1 Å². The summed E-state index contributed by atoms with van der Waals surface area (Å²) in [6, 6.07) is 10.7. The Morgan fingerprint density at radius 3 is 2.19 bits per heavy atom. The fourth-order valence-corrected chi connectivity index (χ4v) is 2.82. The lowest BCUT2D eigenvalue weighted by Gasteiger charge is -2.19. The van der Waals surface area contributed by atoms with Gasteiger partial charge in [0.15, 0.2) is 11.6 Å². The largest absolute Gasteiger partial charge is 0.494 e. The van der Waals surface area contributed by atoms with Crippen molar-refractivity contribution in [2.45, 2.75) is 39.5 Å². The molecule has 4 heteroatoms. The number of nitrogens with one attached hydrogen (secondary N) is 1. The number of hydrogen-bond donors (Lipinski definition) is 1. The van der Waals surface area contributed by atoms with Gasteiger partial charge in [-0.3, -0.25) is 4.79 Å². The van der Waals surface area contributed by atoms with Crippen LogP contribution in [0, 0.1) is 5.82 Å². The second-order valence-electron chi connectivity index (χ2n) is 6.84. The zero-order valence-corrected chi connectivity index (χ0v) is 16.0.